The quantitative estimate of drug-likeness (QED) is 0.744. The number of hydrogen-bond donors (Lipinski definition) is 1. The van der Waals surface area contributed by atoms with Crippen LogP contribution in [0.1, 0.15) is 37.3 Å². The van der Waals surface area contributed by atoms with Gasteiger partial charge in [-0.05, 0) is 47.0 Å². The van der Waals surface area contributed by atoms with Crippen LogP contribution in [0.4, 0.5) is 5.69 Å². The first-order valence-electron chi connectivity index (χ1n) is 6.66. The summed E-state index contributed by atoms with van der Waals surface area (Å²) in [6.45, 7) is 0. The molecule has 1 heterocycles. The molecule has 1 aromatic heterocycles. The van der Waals surface area contributed by atoms with Gasteiger partial charge in [0.2, 0.25) is 0 Å². The van der Waals surface area contributed by atoms with Gasteiger partial charge in [-0.25, -0.2) is 0 Å². The summed E-state index contributed by atoms with van der Waals surface area (Å²) < 4.78 is 2.12. The van der Waals surface area contributed by atoms with Crippen LogP contribution in [0.2, 0.25) is 0 Å². The number of nitrogens with one attached hydrogen (secondary N) is 1. The number of benzene rings is 1. The van der Waals surface area contributed by atoms with Crippen LogP contribution in [-0.2, 0) is 0 Å². The molecular formula is C15H16Br2N2. The normalized spacial score (nSPS) is 16.2. The third-order valence-corrected chi connectivity index (χ3v) is 4.96. The Morgan fingerprint density at radius 3 is 2.58 bits per heavy atom. The Hall–Kier alpha value is -0.610. The molecule has 100 valence electrons. The molecule has 4 heteroatoms. The topological polar surface area (TPSA) is 24.9 Å². The molecule has 0 saturated heterocycles. The van der Waals surface area contributed by atoms with E-state index >= 15 is 0 Å². The second-order valence-electron chi connectivity index (χ2n) is 5.11. The van der Waals surface area contributed by atoms with E-state index in [-0.39, 0.29) is 0 Å². The number of hydrogen-bond acceptors (Lipinski definition) is 2. The lowest BCUT2D eigenvalue weighted by Gasteiger charge is -2.14. The molecule has 1 fully saturated rings. The third kappa shape index (κ3) is 2.52. The number of anilines is 1. The van der Waals surface area contributed by atoms with E-state index < -0.39 is 0 Å². The van der Waals surface area contributed by atoms with Crippen LogP contribution < -0.4 is 5.32 Å². The van der Waals surface area contributed by atoms with E-state index in [0.717, 1.165) is 25.5 Å². The summed E-state index contributed by atoms with van der Waals surface area (Å²) in [5.41, 5.74) is 3.45. The van der Waals surface area contributed by atoms with E-state index in [0.29, 0.717) is 5.92 Å². The average molecular weight is 384 g/mol. The fourth-order valence-electron chi connectivity index (χ4n) is 2.91. The molecule has 0 amide bonds. The third-order valence-electron chi connectivity index (χ3n) is 3.89. The highest BCUT2D eigenvalue weighted by atomic mass is 79.9. The predicted molar refractivity (Wildman–Crippen MR) is 87.9 cm³/mol. The van der Waals surface area contributed by atoms with Crippen LogP contribution in [0.25, 0.3) is 10.9 Å². The first-order valence-corrected chi connectivity index (χ1v) is 8.25. The highest BCUT2D eigenvalue weighted by molar-refractivity contribution is 9.11. The zero-order valence-corrected chi connectivity index (χ0v) is 14.0. The van der Waals surface area contributed by atoms with Crippen LogP contribution in [0.15, 0.2) is 27.1 Å². The summed E-state index contributed by atoms with van der Waals surface area (Å²) in [6, 6.07) is 6.40. The summed E-state index contributed by atoms with van der Waals surface area (Å²) in [5.74, 6) is 0.632. The van der Waals surface area contributed by atoms with Gasteiger partial charge in [0.1, 0.15) is 0 Å². The molecule has 3 rings (SSSR count). The zero-order chi connectivity index (χ0) is 13.4. The van der Waals surface area contributed by atoms with Crippen molar-refractivity contribution >= 4 is 48.5 Å². The maximum Gasteiger partial charge on any atom is 0.0868 e. The van der Waals surface area contributed by atoms with Gasteiger partial charge in [-0.15, -0.1) is 0 Å². The first kappa shape index (κ1) is 13.4. The molecule has 0 bridgehead atoms. The van der Waals surface area contributed by atoms with E-state index in [1.807, 2.05) is 7.05 Å². The largest absolute Gasteiger partial charge is 0.388 e. The summed E-state index contributed by atoms with van der Waals surface area (Å²) in [5, 5.41) is 4.46. The van der Waals surface area contributed by atoms with Gasteiger partial charge in [0.15, 0.2) is 0 Å². The van der Waals surface area contributed by atoms with Crippen molar-refractivity contribution in [1.29, 1.82) is 0 Å². The summed E-state index contributed by atoms with van der Waals surface area (Å²) >= 11 is 7.18. The van der Waals surface area contributed by atoms with Gasteiger partial charge in [0.25, 0.3) is 0 Å². The minimum absolute atomic E-state index is 0.632. The molecule has 0 spiro atoms. The molecule has 2 nitrogen and oxygen atoms in total. The van der Waals surface area contributed by atoms with Crippen LogP contribution in [0, 0.1) is 0 Å². The van der Waals surface area contributed by atoms with Gasteiger partial charge in [-0.3, -0.25) is 4.98 Å². The van der Waals surface area contributed by atoms with E-state index in [1.54, 1.807) is 0 Å². The minimum Gasteiger partial charge on any atom is -0.388 e. The Labute approximate surface area is 130 Å². The van der Waals surface area contributed by atoms with Crippen molar-refractivity contribution < 1.29 is 0 Å². The Morgan fingerprint density at radius 1 is 1.16 bits per heavy atom. The number of nitrogens with zero attached hydrogens (tertiary/aromatic N) is 1. The summed E-state index contributed by atoms with van der Waals surface area (Å²) in [6.07, 6.45) is 5.22. The number of aromatic nitrogens is 1. The van der Waals surface area contributed by atoms with Crippen molar-refractivity contribution in [3.63, 3.8) is 0 Å². The van der Waals surface area contributed by atoms with Crippen molar-refractivity contribution in [3.8, 4) is 0 Å². The van der Waals surface area contributed by atoms with Crippen LogP contribution >= 0.6 is 31.9 Å². The van der Waals surface area contributed by atoms with E-state index in [2.05, 4.69) is 55.4 Å². The number of pyridine rings is 1. The molecule has 0 radical (unpaired) electrons. The van der Waals surface area contributed by atoms with Gasteiger partial charge in [0, 0.05) is 38.7 Å². The Kier molecular flexibility index (Phi) is 3.81. The fraction of sp³-hybridized carbons (Fsp3) is 0.400. The maximum atomic E-state index is 4.90. The number of rotatable bonds is 2. The highest BCUT2D eigenvalue weighted by Crippen LogP contribution is 2.38. The van der Waals surface area contributed by atoms with Gasteiger partial charge < -0.3 is 5.32 Å². The maximum absolute atomic E-state index is 4.90. The van der Waals surface area contributed by atoms with Crippen LogP contribution in [0.3, 0.4) is 0 Å². The lowest BCUT2D eigenvalue weighted by molar-refractivity contribution is 0.701. The molecule has 0 atom stereocenters. The molecule has 2 aromatic rings. The number of halogens is 2. The number of fused-ring (bicyclic) bond motifs is 1. The van der Waals surface area contributed by atoms with Crippen molar-refractivity contribution in [2.75, 3.05) is 12.4 Å². The predicted octanol–water partition coefficient (Wildman–Crippen LogP) is 5.46. The van der Waals surface area contributed by atoms with Crippen molar-refractivity contribution in [2.45, 2.75) is 31.6 Å². The van der Waals surface area contributed by atoms with Gasteiger partial charge in [0.05, 0.1) is 5.52 Å². The van der Waals surface area contributed by atoms with Gasteiger partial charge in [-0.2, -0.15) is 0 Å². The standard InChI is InChI=1S/C15H16Br2N2/c1-18-14-8-13(9-4-2-3-5-9)19-15-11(14)6-10(16)7-12(15)17/h6-9H,2-5H2,1H3,(H,18,19). The van der Waals surface area contributed by atoms with Crippen LogP contribution in [-0.4, -0.2) is 12.0 Å². The fourth-order valence-corrected chi connectivity index (χ4v) is 4.22. The molecule has 0 aliphatic heterocycles. The highest BCUT2D eigenvalue weighted by Gasteiger charge is 2.20. The zero-order valence-electron chi connectivity index (χ0n) is 10.8. The second-order valence-corrected chi connectivity index (χ2v) is 6.88. The van der Waals surface area contributed by atoms with Gasteiger partial charge >= 0.3 is 0 Å². The molecule has 1 aliphatic carbocycles. The minimum atomic E-state index is 0.632. The lowest BCUT2D eigenvalue weighted by atomic mass is 10.0. The van der Waals surface area contributed by atoms with Crippen LogP contribution in [0.5, 0.6) is 0 Å². The van der Waals surface area contributed by atoms with Crippen molar-refractivity contribution in [3.05, 3.63) is 32.8 Å². The lowest BCUT2D eigenvalue weighted by Crippen LogP contribution is -2.00. The Balaban J connectivity index is 2.21. The molecule has 1 saturated carbocycles. The van der Waals surface area contributed by atoms with Crippen molar-refractivity contribution in [1.82, 2.24) is 4.98 Å². The smallest absolute Gasteiger partial charge is 0.0868 e. The van der Waals surface area contributed by atoms with E-state index in [4.69, 9.17) is 4.98 Å². The Bertz CT molecular complexity index is 619. The summed E-state index contributed by atoms with van der Waals surface area (Å²) in [4.78, 5) is 4.90. The molecule has 19 heavy (non-hydrogen) atoms. The van der Waals surface area contributed by atoms with E-state index in [1.165, 1.54) is 31.4 Å². The first-order chi connectivity index (χ1) is 9.19. The molecule has 1 aromatic carbocycles. The van der Waals surface area contributed by atoms with E-state index in [9.17, 15) is 0 Å². The second kappa shape index (κ2) is 5.41. The molecular weight excluding hydrogens is 368 g/mol. The molecule has 1 aliphatic rings. The Morgan fingerprint density at radius 2 is 1.89 bits per heavy atom. The van der Waals surface area contributed by atoms with Crippen molar-refractivity contribution in [2.24, 2.45) is 0 Å². The van der Waals surface area contributed by atoms with Gasteiger partial charge in [-0.1, -0.05) is 28.8 Å². The molecule has 1 N–H and O–H groups in total. The monoisotopic (exact) mass is 382 g/mol. The molecule has 0 unspecified atom stereocenters. The summed E-state index contributed by atoms with van der Waals surface area (Å²) in [7, 11) is 1.97. The SMILES string of the molecule is CNc1cc(C2CCCC2)nc2c(Br)cc(Br)cc12. The average Bonchev–Trinajstić information content (AvgIpc) is 2.91.